The first-order valence-electron chi connectivity index (χ1n) is 6.94. The molecule has 0 amide bonds. The van der Waals surface area contributed by atoms with E-state index in [9.17, 15) is 0 Å². The van der Waals surface area contributed by atoms with Crippen molar-refractivity contribution in [3.63, 3.8) is 0 Å². The number of hydrogen-bond acceptors (Lipinski definition) is 2. The Labute approximate surface area is 129 Å². The van der Waals surface area contributed by atoms with Gasteiger partial charge in [-0.25, -0.2) is 0 Å². The van der Waals surface area contributed by atoms with E-state index >= 15 is 0 Å². The molecule has 0 aliphatic carbocycles. The molecule has 0 unspecified atom stereocenters. The summed E-state index contributed by atoms with van der Waals surface area (Å²) in [7, 11) is 2.13. The fourth-order valence-corrected chi connectivity index (χ4v) is 2.36. The minimum Gasteiger partial charge on any atom is -0.370 e. The van der Waals surface area contributed by atoms with E-state index in [0.717, 1.165) is 24.1 Å². The number of nitrogens with one attached hydrogen (secondary N) is 1. The van der Waals surface area contributed by atoms with E-state index in [0.29, 0.717) is 0 Å². The Morgan fingerprint density at radius 2 is 1.55 bits per heavy atom. The van der Waals surface area contributed by atoms with Gasteiger partial charge < -0.3 is 10.2 Å². The first-order chi connectivity index (χ1) is 9.69. The van der Waals surface area contributed by atoms with Gasteiger partial charge in [-0.1, -0.05) is 47.1 Å². The van der Waals surface area contributed by atoms with Gasteiger partial charge in [0, 0.05) is 30.3 Å². The number of halogens is 1. The molecule has 2 rings (SSSR count). The highest BCUT2D eigenvalue weighted by Crippen LogP contribution is 2.18. The maximum Gasteiger partial charge on any atom is 0.0426 e. The van der Waals surface area contributed by atoms with Crippen LogP contribution in [0.1, 0.15) is 18.1 Å². The molecule has 20 heavy (non-hydrogen) atoms. The van der Waals surface area contributed by atoms with Crippen LogP contribution in [0.25, 0.3) is 0 Å². The van der Waals surface area contributed by atoms with Crippen LogP contribution >= 0.6 is 15.9 Å². The first-order valence-corrected chi connectivity index (χ1v) is 7.73. The molecular weight excluding hydrogens is 312 g/mol. The lowest BCUT2D eigenvalue weighted by Gasteiger charge is -2.20. The molecular formula is C17H21BrN2. The Balaban J connectivity index is 1.98. The van der Waals surface area contributed by atoms with Crippen molar-refractivity contribution in [2.45, 2.75) is 20.0 Å². The molecule has 0 atom stereocenters. The third-order valence-corrected chi connectivity index (χ3v) is 3.82. The monoisotopic (exact) mass is 332 g/mol. The van der Waals surface area contributed by atoms with E-state index in [1.54, 1.807) is 0 Å². The third kappa shape index (κ3) is 4.36. The summed E-state index contributed by atoms with van der Waals surface area (Å²) >= 11 is 3.47. The zero-order valence-corrected chi connectivity index (χ0v) is 13.7. The molecule has 0 fully saturated rings. The van der Waals surface area contributed by atoms with Crippen LogP contribution in [0.2, 0.25) is 0 Å². The smallest absolute Gasteiger partial charge is 0.0426 e. The zero-order valence-electron chi connectivity index (χ0n) is 12.1. The second kappa shape index (κ2) is 7.46. The maximum atomic E-state index is 3.47. The van der Waals surface area contributed by atoms with E-state index in [4.69, 9.17) is 0 Å². The van der Waals surface area contributed by atoms with Crippen LogP contribution in [0.15, 0.2) is 53.0 Å². The van der Waals surface area contributed by atoms with Gasteiger partial charge >= 0.3 is 0 Å². The van der Waals surface area contributed by atoms with Crippen molar-refractivity contribution in [1.82, 2.24) is 5.32 Å². The van der Waals surface area contributed by atoms with Crippen molar-refractivity contribution in [2.24, 2.45) is 0 Å². The van der Waals surface area contributed by atoms with Crippen LogP contribution in [0.5, 0.6) is 0 Å². The Morgan fingerprint density at radius 1 is 0.950 bits per heavy atom. The quantitative estimate of drug-likeness (QED) is 0.852. The summed E-state index contributed by atoms with van der Waals surface area (Å²) in [6.07, 6.45) is 0. The van der Waals surface area contributed by atoms with E-state index in [2.05, 4.69) is 88.6 Å². The van der Waals surface area contributed by atoms with Gasteiger partial charge in [-0.3, -0.25) is 0 Å². The summed E-state index contributed by atoms with van der Waals surface area (Å²) in [6.45, 7) is 4.98. The van der Waals surface area contributed by atoms with E-state index in [-0.39, 0.29) is 0 Å². The summed E-state index contributed by atoms with van der Waals surface area (Å²) in [5.74, 6) is 0. The Kier molecular flexibility index (Phi) is 5.62. The predicted octanol–water partition coefficient (Wildman–Crippen LogP) is 4.20. The highest BCUT2D eigenvalue weighted by molar-refractivity contribution is 9.10. The molecule has 106 valence electrons. The van der Waals surface area contributed by atoms with Gasteiger partial charge in [0.1, 0.15) is 0 Å². The van der Waals surface area contributed by atoms with E-state index < -0.39 is 0 Å². The fraction of sp³-hybridized carbons (Fsp3) is 0.294. The molecule has 0 aliphatic rings. The van der Waals surface area contributed by atoms with E-state index in [1.165, 1.54) is 16.8 Å². The molecule has 0 bridgehead atoms. The van der Waals surface area contributed by atoms with Gasteiger partial charge in [0.25, 0.3) is 0 Å². The molecule has 0 radical (unpaired) electrons. The average Bonchev–Trinajstić information content (AvgIpc) is 2.48. The van der Waals surface area contributed by atoms with Crippen molar-refractivity contribution >= 4 is 21.6 Å². The molecule has 3 heteroatoms. The lowest BCUT2D eigenvalue weighted by Crippen LogP contribution is -2.16. The van der Waals surface area contributed by atoms with Crippen molar-refractivity contribution in [3.8, 4) is 0 Å². The van der Waals surface area contributed by atoms with Crippen LogP contribution in [0.3, 0.4) is 0 Å². The number of rotatable bonds is 6. The molecule has 1 N–H and O–H groups in total. The lowest BCUT2D eigenvalue weighted by molar-refractivity contribution is 0.726. The molecule has 0 saturated heterocycles. The summed E-state index contributed by atoms with van der Waals surface area (Å²) in [5.41, 5.74) is 3.88. The predicted molar refractivity (Wildman–Crippen MR) is 90.1 cm³/mol. The second-order valence-corrected chi connectivity index (χ2v) is 5.84. The SMILES string of the molecule is CCNCc1ccc(N(C)Cc2ccc(Br)cc2)cc1. The molecule has 0 aromatic heterocycles. The van der Waals surface area contributed by atoms with Crippen molar-refractivity contribution in [2.75, 3.05) is 18.5 Å². The first kappa shape index (κ1) is 15.1. The minimum absolute atomic E-state index is 0.917. The van der Waals surface area contributed by atoms with Crippen LogP contribution in [0.4, 0.5) is 5.69 Å². The average molecular weight is 333 g/mol. The summed E-state index contributed by atoms with van der Waals surface area (Å²) in [4.78, 5) is 2.26. The summed E-state index contributed by atoms with van der Waals surface area (Å²) < 4.78 is 1.12. The maximum absolute atomic E-state index is 3.47. The van der Waals surface area contributed by atoms with Crippen LogP contribution in [-0.2, 0) is 13.1 Å². The van der Waals surface area contributed by atoms with Crippen molar-refractivity contribution in [1.29, 1.82) is 0 Å². The second-order valence-electron chi connectivity index (χ2n) is 4.93. The molecule has 0 heterocycles. The summed E-state index contributed by atoms with van der Waals surface area (Å²) in [6, 6.07) is 17.2. The normalized spacial score (nSPS) is 10.6. The topological polar surface area (TPSA) is 15.3 Å². The van der Waals surface area contributed by atoms with Crippen LogP contribution < -0.4 is 10.2 Å². The Hall–Kier alpha value is -1.32. The number of nitrogens with zero attached hydrogens (tertiary/aromatic N) is 1. The highest BCUT2D eigenvalue weighted by atomic mass is 79.9. The highest BCUT2D eigenvalue weighted by Gasteiger charge is 2.02. The molecule has 2 aromatic carbocycles. The lowest BCUT2D eigenvalue weighted by atomic mass is 10.1. The van der Waals surface area contributed by atoms with E-state index in [1.807, 2.05) is 0 Å². The number of benzene rings is 2. The largest absolute Gasteiger partial charge is 0.370 e. The Morgan fingerprint density at radius 3 is 2.15 bits per heavy atom. The molecule has 0 spiro atoms. The zero-order chi connectivity index (χ0) is 14.4. The van der Waals surface area contributed by atoms with Gasteiger partial charge in [-0.05, 0) is 41.9 Å². The van der Waals surface area contributed by atoms with Crippen molar-refractivity contribution in [3.05, 3.63) is 64.1 Å². The molecule has 0 aliphatic heterocycles. The Bertz CT molecular complexity index is 520. The standard InChI is InChI=1S/C17H21BrN2/c1-3-19-12-14-6-10-17(11-7-14)20(2)13-15-4-8-16(18)9-5-15/h4-11,19H,3,12-13H2,1-2H3. The van der Waals surface area contributed by atoms with Gasteiger partial charge in [-0.2, -0.15) is 0 Å². The number of hydrogen-bond donors (Lipinski definition) is 1. The van der Waals surface area contributed by atoms with Gasteiger partial charge in [-0.15, -0.1) is 0 Å². The van der Waals surface area contributed by atoms with Gasteiger partial charge in [0.2, 0.25) is 0 Å². The minimum atomic E-state index is 0.917. The van der Waals surface area contributed by atoms with Crippen LogP contribution in [-0.4, -0.2) is 13.6 Å². The van der Waals surface area contributed by atoms with Crippen molar-refractivity contribution < 1.29 is 0 Å². The molecule has 0 saturated carbocycles. The fourth-order valence-electron chi connectivity index (χ4n) is 2.09. The van der Waals surface area contributed by atoms with Crippen LogP contribution in [0, 0.1) is 0 Å². The summed E-state index contributed by atoms with van der Waals surface area (Å²) in [5, 5.41) is 3.34. The number of anilines is 1. The molecule has 2 aromatic rings. The molecule has 2 nitrogen and oxygen atoms in total. The van der Waals surface area contributed by atoms with Gasteiger partial charge in [0.05, 0.1) is 0 Å². The van der Waals surface area contributed by atoms with Gasteiger partial charge in [0.15, 0.2) is 0 Å². The third-order valence-electron chi connectivity index (χ3n) is 3.29.